The number of hydrogen-bond acceptors (Lipinski definition) is 5. The van der Waals surface area contributed by atoms with Gasteiger partial charge < -0.3 is 10.1 Å². The molecule has 2 aromatic heterocycles. The molecule has 0 saturated heterocycles. The van der Waals surface area contributed by atoms with Crippen molar-refractivity contribution in [1.82, 2.24) is 24.9 Å². The predicted molar refractivity (Wildman–Crippen MR) is 98.3 cm³/mol. The lowest BCUT2D eigenvalue weighted by atomic mass is 9.96. The number of amides is 1. The van der Waals surface area contributed by atoms with Crippen molar-refractivity contribution in [3.05, 3.63) is 53.1 Å². The highest BCUT2D eigenvalue weighted by Crippen LogP contribution is 2.24. The van der Waals surface area contributed by atoms with Gasteiger partial charge in [0.15, 0.2) is 0 Å². The molecule has 7 heteroatoms. The Morgan fingerprint density at radius 1 is 1.15 bits per heavy atom. The van der Waals surface area contributed by atoms with Crippen molar-refractivity contribution < 1.29 is 9.53 Å². The van der Waals surface area contributed by atoms with Crippen molar-refractivity contribution >= 4 is 11.7 Å². The molecule has 1 amide bonds. The molecule has 0 fully saturated rings. The summed E-state index contributed by atoms with van der Waals surface area (Å²) < 4.78 is 6.78. The highest BCUT2D eigenvalue weighted by atomic mass is 16.5. The number of aryl methyl sites for hydroxylation is 2. The number of methoxy groups -OCH3 is 1. The number of carbonyl (C=O) groups excluding carboxylic acids is 1. The van der Waals surface area contributed by atoms with Crippen LogP contribution in [0, 0.1) is 19.8 Å². The van der Waals surface area contributed by atoms with Crippen LogP contribution >= 0.6 is 0 Å². The molecular formula is C19H23N5O2. The molecule has 0 bridgehead atoms. The Kier molecular flexibility index (Phi) is 4.88. The standard InChI is InChI=1S/C19H23N5O2/c1-11(2)16(14-6-8-15(26-5)9-7-14)21-18(25)17-22-19-20-12(3)10-13(4)24(19)23-17/h6-11,16H,1-5H3,(H,21,25). The minimum absolute atomic E-state index is 0.116. The van der Waals surface area contributed by atoms with Crippen LogP contribution in [0.2, 0.25) is 0 Å². The molecule has 0 aliphatic rings. The summed E-state index contributed by atoms with van der Waals surface area (Å²) >= 11 is 0. The third kappa shape index (κ3) is 3.51. The van der Waals surface area contributed by atoms with Crippen molar-refractivity contribution in [3.63, 3.8) is 0 Å². The summed E-state index contributed by atoms with van der Waals surface area (Å²) in [5, 5.41) is 7.33. The van der Waals surface area contributed by atoms with Crippen LogP contribution in [-0.2, 0) is 0 Å². The first-order valence-corrected chi connectivity index (χ1v) is 8.55. The van der Waals surface area contributed by atoms with Crippen LogP contribution in [0.25, 0.3) is 5.78 Å². The Labute approximate surface area is 152 Å². The molecule has 7 nitrogen and oxygen atoms in total. The van der Waals surface area contributed by atoms with Gasteiger partial charge in [0, 0.05) is 11.4 Å². The van der Waals surface area contributed by atoms with E-state index in [-0.39, 0.29) is 23.7 Å². The normalized spacial score (nSPS) is 12.4. The SMILES string of the molecule is COc1ccc(C(NC(=O)c2nc3nc(C)cc(C)n3n2)C(C)C)cc1. The van der Waals surface area contributed by atoms with E-state index < -0.39 is 0 Å². The maximum atomic E-state index is 12.7. The van der Waals surface area contributed by atoms with Crippen LogP contribution in [0.4, 0.5) is 0 Å². The number of fused-ring (bicyclic) bond motifs is 1. The van der Waals surface area contributed by atoms with E-state index in [0.717, 1.165) is 22.7 Å². The van der Waals surface area contributed by atoms with E-state index in [2.05, 4.69) is 34.2 Å². The van der Waals surface area contributed by atoms with Gasteiger partial charge in [-0.1, -0.05) is 26.0 Å². The number of nitrogens with zero attached hydrogens (tertiary/aromatic N) is 4. The first-order valence-electron chi connectivity index (χ1n) is 8.55. The van der Waals surface area contributed by atoms with Crippen molar-refractivity contribution in [2.45, 2.75) is 33.7 Å². The number of carbonyl (C=O) groups is 1. The molecule has 1 aromatic carbocycles. The van der Waals surface area contributed by atoms with Crippen LogP contribution in [0.15, 0.2) is 30.3 Å². The zero-order chi connectivity index (χ0) is 18.8. The molecule has 1 N–H and O–H groups in total. The lowest BCUT2D eigenvalue weighted by molar-refractivity contribution is 0.0915. The van der Waals surface area contributed by atoms with E-state index >= 15 is 0 Å². The molecule has 0 aliphatic carbocycles. The van der Waals surface area contributed by atoms with Crippen LogP contribution in [0.3, 0.4) is 0 Å². The second-order valence-corrected chi connectivity index (χ2v) is 6.65. The van der Waals surface area contributed by atoms with E-state index in [9.17, 15) is 4.79 Å². The van der Waals surface area contributed by atoms with Crippen LogP contribution in [-0.4, -0.2) is 32.6 Å². The summed E-state index contributed by atoms with van der Waals surface area (Å²) in [7, 11) is 1.63. The Hall–Kier alpha value is -2.96. The van der Waals surface area contributed by atoms with Gasteiger partial charge in [0.1, 0.15) is 5.75 Å². The molecule has 0 radical (unpaired) electrons. The van der Waals surface area contributed by atoms with Crippen LogP contribution in [0.1, 0.15) is 47.5 Å². The summed E-state index contributed by atoms with van der Waals surface area (Å²) in [6.45, 7) is 7.91. The Bertz CT molecular complexity index is 931. The Morgan fingerprint density at radius 3 is 2.46 bits per heavy atom. The van der Waals surface area contributed by atoms with Gasteiger partial charge in [0.05, 0.1) is 13.2 Å². The fraction of sp³-hybridized carbons (Fsp3) is 0.368. The zero-order valence-electron chi connectivity index (χ0n) is 15.6. The smallest absolute Gasteiger partial charge is 0.291 e. The van der Waals surface area contributed by atoms with Crippen molar-refractivity contribution in [2.75, 3.05) is 7.11 Å². The van der Waals surface area contributed by atoms with E-state index in [1.54, 1.807) is 11.6 Å². The second kappa shape index (κ2) is 7.11. The van der Waals surface area contributed by atoms with Gasteiger partial charge in [-0.05, 0) is 43.5 Å². The average Bonchev–Trinajstić information content (AvgIpc) is 3.04. The molecule has 0 saturated carbocycles. The van der Waals surface area contributed by atoms with Crippen molar-refractivity contribution in [2.24, 2.45) is 5.92 Å². The average molecular weight is 353 g/mol. The highest BCUT2D eigenvalue weighted by Gasteiger charge is 2.22. The molecule has 1 atom stereocenters. The number of hydrogen-bond donors (Lipinski definition) is 1. The number of nitrogens with one attached hydrogen (secondary N) is 1. The number of benzene rings is 1. The predicted octanol–water partition coefficient (Wildman–Crippen LogP) is 2.88. The topological polar surface area (TPSA) is 81.4 Å². The summed E-state index contributed by atoms with van der Waals surface area (Å²) in [6, 6.07) is 9.42. The Balaban J connectivity index is 1.87. The first kappa shape index (κ1) is 17.8. The van der Waals surface area contributed by atoms with Crippen molar-refractivity contribution in [3.8, 4) is 5.75 Å². The number of aromatic nitrogens is 4. The lowest BCUT2D eigenvalue weighted by Crippen LogP contribution is -2.32. The summed E-state index contributed by atoms with van der Waals surface area (Å²) in [5.41, 5.74) is 2.73. The molecule has 26 heavy (non-hydrogen) atoms. The van der Waals surface area contributed by atoms with E-state index in [0.29, 0.717) is 5.78 Å². The molecule has 3 rings (SSSR count). The van der Waals surface area contributed by atoms with Gasteiger partial charge in [-0.2, -0.15) is 4.98 Å². The quantitative estimate of drug-likeness (QED) is 0.763. The van der Waals surface area contributed by atoms with Crippen LogP contribution < -0.4 is 10.1 Å². The van der Waals surface area contributed by atoms with Crippen LogP contribution in [0.5, 0.6) is 5.75 Å². The molecule has 0 spiro atoms. The zero-order valence-corrected chi connectivity index (χ0v) is 15.6. The largest absolute Gasteiger partial charge is 0.497 e. The van der Waals surface area contributed by atoms with E-state index in [1.807, 2.05) is 44.2 Å². The third-order valence-electron chi connectivity index (χ3n) is 4.25. The van der Waals surface area contributed by atoms with E-state index in [4.69, 9.17) is 4.74 Å². The number of rotatable bonds is 5. The van der Waals surface area contributed by atoms with Gasteiger partial charge >= 0.3 is 0 Å². The van der Waals surface area contributed by atoms with Gasteiger partial charge in [-0.15, -0.1) is 5.10 Å². The lowest BCUT2D eigenvalue weighted by Gasteiger charge is -2.22. The summed E-state index contributed by atoms with van der Waals surface area (Å²) in [5.74, 6) is 1.21. The minimum Gasteiger partial charge on any atom is -0.497 e. The maximum Gasteiger partial charge on any atom is 0.291 e. The molecule has 0 aliphatic heterocycles. The summed E-state index contributed by atoms with van der Waals surface area (Å²) in [4.78, 5) is 21.3. The fourth-order valence-electron chi connectivity index (χ4n) is 2.91. The summed E-state index contributed by atoms with van der Waals surface area (Å²) in [6.07, 6.45) is 0. The fourth-order valence-corrected chi connectivity index (χ4v) is 2.91. The van der Waals surface area contributed by atoms with Gasteiger partial charge in [0.25, 0.3) is 11.7 Å². The minimum atomic E-state index is -0.318. The highest BCUT2D eigenvalue weighted by molar-refractivity contribution is 5.91. The van der Waals surface area contributed by atoms with E-state index in [1.165, 1.54) is 0 Å². The van der Waals surface area contributed by atoms with Crippen molar-refractivity contribution in [1.29, 1.82) is 0 Å². The number of ether oxygens (including phenoxy) is 1. The van der Waals surface area contributed by atoms with Gasteiger partial charge in [-0.3, -0.25) is 4.79 Å². The Morgan fingerprint density at radius 2 is 1.85 bits per heavy atom. The molecular weight excluding hydrogens is 330 g/mol. The molecule has 3 aromatic rings. The van der Waals surface area contributed by atoms with Gasteiger partial charge in [0.2, 0.25) is 5.82 Å². The first-order chi connectivity index (χ1) is 12.4. The maximum absolute atomic E-state index is 12.7. The second-order valence-electron chi connectivity index (χ2n) is 6.65. The molecule has 2 heterocycles. The molecule has 1 unspecified atom stereocenters. The van der Waals surface area contributed by atoms with Gasteiger partial charge in [-0.25, -0.2) is 9.50 Å². The molecule has 136 valence electrons. The third-order valence-corrected chi connectivity index (χ3v) is 4.25. The monoisotopic (exact) mass is 353 g/mol.